The molecule has 0 aliphatic heterocycles. The second kappa shape index (κ2) is 24.2. The van der Waals surface area contributed by atoms with Crippen LogP contribution in [0.3, 0.4) is 0 Å². The Morgan fingerprint density at radius 2 is 1.27 bits per heavy atom. The zero-order valence-electron chi connectivity index (χ0n) is 23.5. The van der Waals surface area contributed by atoms with Crippen LogP contribution in [0.4, 0.5) is 0 Å². The lowest BCUT2D eigenvalue weighted by molar-refractivity contribution is -0.138. The maximum absolute atomic E-state index is 11.9. The van der Waals surface area contributed by atoms with Crippen molar-refractivity contribution in [2.45, 2.75) is 50.8 Å². The molecule has 0 aromatic carbocycles. The fourth-order valence-electron chi connectivity index (χ4n) is 2.93. The van der Waals surface area contributed by atoms with E-state index in [1.807, 2.05) is 0 Å². The zero-order valence-corrected chi connectivity index (χ0v) is 24.3. The summed E-state index contributed by atoms with van der Waals surface area (Å²) >= 11 is 1.05. The largest absolute Gasteiger partial charge is 0.480 e. The number of carbonyl (C=O) groups excluding carboxylic acids is 5. The van der Waals surface area contributed by atoms with Crippen LogP contribution in [0.2, 0.25) is 0 Å². The lowest BCUT2D eigenvalue weighted by atomic mass is 10.1. The number of nitrogens with one attached hydrogen (secondary N) is 3. The van der Waals surface area contributed by atoms with Gasteiger partial charge in [0.05, 0.1) is 65.4 Å². The van der Waals surface area contributed by atoms with Gasteiger partial charge in [0.1, 0.15) is 11.0 Å². The maximum Gasteiger partial charge on any atom is 0.317 e. The summed E-state index contributed by atoms with van der Waals surface area (Å²) in [4.78, 5) is 68.8. The van der Waals surface area contributed by atoms with Crippen molar-refractivity contribution in [3.8, 4) is 0 Å². The van der Waals surface area contributed by atoms with Crippen molar-refractivity contribution in [1.82, 2.24) is 16.0 Å². The van der Waals surface area contributed by atoms with Gasteiger partial charge in [-0.05, 0) is 26.5 Å². The van der Waals surface area contributed by atoms with Gasteiger partial charge in [-0.2, -0.15) is 0 Å². The summed E-state index contributed by atoms with van der Waals surface area (Å²) in [5, 5.41) is 15.6. The van der Waals surface area contributed by atoms with Crippen LogP contribution in [0.25, 0.3) is 0 Å². The smallest absolute Gasteiger partial charge is 0.317 e. The van der Waals surface area contributed by atoms with E-state index >= 15 is 0 Å². The van der Waals surface area contributed by atoms with Crippen molar-refractivity contribution in [1.29, 1.82) is 0 Å². The third-order valence-electron chi connectivity index (χ3n) is 5.15. The molecule has 4 N–H and O–H groups in total. The molecule has 0 bridgehead atoms. The van der Waals surface area contributed by atoms with Gasteiger partial charge in [-0.15, -0.1) is 11.8 Å². The molecule has 0 aromatic heterocycles. The predicted molar refractivity (Wildman–Crippen MR) is 146 cm³/mol. The van der Waals surface area contributed by atoms with E-state index in [1.54, 1.807) is 6.26 Å². The van der Waals surface area contributed by atoms with E-state index in [-0.39, 0.29) is 63.0 Å². The van der Waals surface area contributed by atoms with Crippen LogP contribution in [0.15, 0.2) is 0 Å². The number of ether oxygens (including phenoxy) is 4. The minimum absolute atomic E-state index is 0.0371. The van der Waals surface area contributed by atoms with Crippen LogP contribution < -0.4 is 16.0 Å². The molecule has 0 aliphatic rings. The number of aliphatic carboxylic acids is 1. The number of rotatable bonds is 26. The molecular weight excluding hydrogens is 550 g/mol. The van der Waals surface area contributed by atoms with Crippen LogP contribution in [0.1, 0.15) is 39.5 Å². The number of carboxylic acids is 1. The van der Waals surface area contributed by atoms with E-state index in [1.165, 1.54) is 13.8 Å². The lowest BCUT2D eigenvalue weighted by Crippen LogP contribution is -2.40. The van der Waals surface area contributed by atoms with Gasteiger partial charge < -0.3 is 44.8 Å². The molecule has 15 heteroatoms. The molecule has 230 valence electrons. The molecular formula is C25H43N3O11S. The molecule has 14 nitrogen and oxygen atoms in total. The number of hydrogen-bond donors (Lipinski definition) is 4. The fraction of sp³-hybridized carbons (Fsp3) is 0.760. The van der Waals surface area contributed by atoms with Crippen molar-refractivity contribution in [3.05, 3.63) is 0 Å². The predicted octanol–water partition coefficient (Wildman–Crippen LogP) is -0.675. The summed E-state index contributed by atoms with van der Waals surface area (Å²) in [5.74, 6) is -2.53. The topological polar surface area (TPSA) is 196 Å². The van der Waals surface area contributed by atoms with Gasteiger partial charge in [0.2, 0.25) is 17.7 Å². The first kappa shape index (κ1) is 37.4. The normalized spacial score (nSPS) is 12.3. The second-order valence-corrected chi connectivity index (χ2v) is 9.60. The van der Waals surface area contributed by atoms with Crippen LogP contribution in [-0.4, -0.2) is 124 Å². The van der Waals surface area contributed by atoms with Crippen LogP contribution >= 0.6 is 11.8 Å². The van der Waals surface area contributed by atoms with E-state index in [2.05, 4.69) is 16.0 Å². The average Bonchev–Trinajstić information content (AvgIpc) is 2.90. The Balaban J connectivity index is 3.55. The van der Waals surface area contributed by atoms with E-state index in [4.69, 9.17) is 24.1 Å². The quantitative estimate of drug-likeness (QED) is 0.0925. The zero-order chi connectivity index (χ0) is 30.2. The standard InChI is InChI=1S/C25H43N3O11S/c1-18(29)4-5-20(19(2)30)28-22(31)6-8-36-10-12-38-14-15-39-13-11-37-9-7-26-24(33)17-27-23(32)16-21(40-3)25(34)35/h20-21H,4-17H2,1-3H3,(H,26,33)(H,27,32)(H,28,31)(H,34,35)/t20-,21?/m0/s1. The summed E-state index contributed by atoms with van der Waals surface area (Å²) in [6.07, 6.45) is 2.01. The molecule has 3 amide bonds. The highest BCUT2D eigenvalue weighted by Gasteiger charge is 2.20. The van der Waals surface area contributed by atoms with E-state index in [0.717, 1.165) is 11.8 Å². The van der Waals surface area contributed by atoms with E-state index in [9.17, 15) is 28.8 Å². The second-order valence-electron chi connectivity index (χ2n) is 8.56. The third kappa shape index (κ3) is 22.2. The molecule has 0 spiro atoms. The first-order chi connectivity index (χ1) is 19.1. The Bertz CT molecular complexity index is 798. The minimum Gasteiger partial charge on any atom is -0.480 e. The minimum atomic E-state index is -1.08. The highest BCUT2D eigenvalue weighted by atomic mass is 32.2. The molecule has 0 rings (SSSR count). The molecule has 40 heavy (non-hydrogen) atoms. The van der Waals surface area contributed by atoms with Crippen LogP contribution in [-0.2, 0) is 47.7 Å². The number of hydrogen-bond acceptors (Lipinski definition) is 11. The van der Waals surface area contributed by atoms with Gasteiger partial charge >= 0.3 is 5.97 Å². The summed E-state index contributed by atoms with van der Waals surface area (Å²) < 4.78 is 21.4. The van der Waals surface area contributed by atoms with Gasteiger partial charge in [0, 0.05) is 25.8 Å². The summed E-state index contributed by atoms with van der Waals surface area (Å²) in [5.41, 5.74) is 0. The average molecular weight is 594 g/mol. The molecule has 1 unspecified atom stereocenters. The lowest BCUT2D eigenvalue weighted by Gasteiger charge is -2.15. The number of thioether (sulfide) groups is 1. The number of ketones is 2. The van der Waals surface area contributed by atoms with Gasteiger partial charge in [0.25, 0.3) is 0 Å². The Hall–Kier alpha value is -2.59. The Morgan fingerprint density at radius 1 is 0.725 bits per heavy atom. The van der Waals surface area contributed by atoms with Gasteiger partial charge in [0.15, 0.2) is 5.78 Å². The number of amides is 3. The van der Waals surface area contributed by atoms with Crippen LogP contribution in [0.5, 0.6) is 0 Å². The van der Waals surface area contributed by atoms with Crippen molar-refractivity contribution < 1.29 is 52.8 Å². The van der Waals surface area contributed by atoms with Gasteiger partial charge in [-0.3, -0.25) is 24.0 Å². The van der Waals surface area contributed by atoms with Crippen molar-refractivity contribution in [2.24, 2.45) is 0 Å². The molecule has 0 heterocycles. The van der Waals surface area contributed by atoms with E-state index < -0.39 is 29.1 Å². The van der Waals surface area contributed by atoms with Gasteiger partial charge in [-0.25, -0.2) is 0 Å². The molecule has 0 radical (unpaired) electrons. The monoisotopic (exact) mass is 593 g/mol. The SMILES string of the molecule is CSC(CC(=O)NCC(=O)NCCOCCOCCOCCOCCC(=O)N[C@@H](CCC(C)=O)C(C)=O)C(=O)O. The van der Waals surface area contributed by atoms with Crippen molar-refractivity contribution >= 4 is 47.0 Å². The maximum atomic E-state index is 11.9. The summed E-state index contributed by atoms with van der Waals surface area (Å²) in [6.45, 7) is 5.26. The van der Waals surface area contributed by atoms with Gasteiger partial charge in [-0.1, -0.05) is 0 Å². The van der Waals surface area contributed by atoms with Crippen molar-refractivity contribution in [3.63, 3.8) is 0 Å². The first-order valence-electron chi connectivity index (χ1n) is 13.0. The molecule has 2 atom stereocenters. The Labute approximate surface area is 238 Å². The van der Waals surface area contributed by atoms with Crippen molar-refractivity contribution in [2.75, 3.05) is 72.2 Å². The fourth-order valence-corrected chi connectivity index (χ4v) is 3.45. The number of carboxylic acid groups (broad SMARTS) is 1. The molecule has 0 saturated heterocycles. The van der Waals surface area contributed by atoms with Crippen LogP contribution in [0, 0.1) is 0 Å². The van der Waals surface area contributed by atoms with E-state index in [0.29, 0.717) is 46.1 Å². The molecule has 0 saturated carbocycles. The summed E-state index contributed by atoms with van der Waals surface area (Å²) in [6, 6.07) is -0.663. The number of carbonyl (C=O) groups is 6. The molecule has 0 fully saturated rings. The Kier molecular flexibility index (Phi) is 22.7. The highest BCUT2D eigenvalue weighted by molar-refractivity contribution is 7.99. The third-order valence-corrected chi connectivity index (χ3v) is 6.08. The molecule has 0 aromatic rings. The number of Topliss-reactive ketones (excluding diaryl/α,β-unsaturated/α-hetero) is 2. The first-order valence-corrected chi connectivity index (χ1v) is 14.2. The molecule has 0 aliphatic carbocycles. The summed E-state index contributed by atoms with van der Waals surface area (Å²) in [7, 11) is 0. The Morgan fingerprint density at radius 3 is 1.77 bits per heavy atom. The highest BCUT2D eigenvalue weighted by Crippen LogP contribution is 2.10.